The lowest BCUT2D eigenvalue weighted by Crippen LogP contribution is -2.41. The van der Waals surface area contributed by atoms with Crippen molar-refractivity contribution in [3.63, 3.8) is 0 Å². The molecule has 0 N–H and O–H groups in total. The van der Waals surface area contributed by atoms with Crippen molar-refractivity contribution in [3.8, 4) is 5.69 Å². The van der Waals surface area contributed by atoms with Crippen LogP contribution in [-0.2, 0) is 11.8 Å². The number of hydrogen-bond donors (Lipinski definition) is 0. The molecule has 1 amide bonds. The molecule has 25 heavy (non-hydrogen) atoms. The molecule has 2 aromatic rings. The molecule has 1 aromatic carbocycles. The third-order valence-electron chi connectivity index (χ3n) is 4.35. The van der Waals surface area contributed by atoms with Gasteiger partial charge in [0, 0.05) is 13.1 Å². The predicted molar refractivity (Wildman–Crippen MR) is 99.6 cm³/mol. The molecule has 0 aliphatic heterocycles. The van der Waals surface area contributed by atoms with Crippen LogP contribution >= 0.6 is 0 Å². The number of ether oxygens (including phenoxy) is 1. The predicted octanol–water partition coefficient (Wildman–Crippen LogP) is 3.63. The number of carbonyl (C=O) groups excluding carboxylic acids is 1. The number of anilines is 1. The Morgan fingerprint density at radius 1 is 1.20 bits per heavy atom. The first kappa shape index (κ1) is 18.8. The first-order valence-corrected chi connectivity index (χ1v) is 8.63. The van der Waals surface area contributed by atoms with E-state index in [0.717, 1.165) is 12.1 Å². The summed E-state index contributed by atoms with van der Waals surface area (Å²) in [6.07, 6.45) is 0.0316. The Bertz CT molecular complexity index is 790. The Morgan fingerprint density at radius 3 is 2.32 bits per heavy atom. The molecule has 1 atom stereocenters. The van der Waals surface area contributed by atoms with Crippen molar-refractivity contribution in [2.45, 2.75) is 53.2 Å². The van der Waals surface area contributed by atoms with Gasteiger partial charge in [0.2, 0.25) is 0 Å². The first-order chi connectivity index (χ1) is 11.8. The molecule has 6 heteroatoms. The van der Waals surface area contributed by atoms with Crippen LogP contribution in [0.2, 0.25) is 0 Å². The smallest absolute Gasteiger partial charge is 0.415 e. The van der Waals surface area contributed by atoms with Crippen LogP contribution in [0.25, 0.3) is 5.69 Å². The van der Waals surface area contributed by atoms with Crippen LogP contribution in [0.15, 0.2) is 35.1 Å². The molecule has 1 aromatic heterocycles. The number of aromatic nitrogens is 2. The van der Waals surface area contributed by atoms with Gasteiger partial charge in [-0.15, -0.1) is 0 Å². The molecule has 136 valence electrons. The van der Waals surface area contributed by atoms with Gasteiger partial charge in [-0.3, -0.25) is 14.4 Å². The number of hydrogen-bond acceptors (Lipinski definition) is 3. The molecule has 0 radical (unpaired) electrons. The van der Waals surface area contributed by atoms with Gasteiger partial charge in [-0.2, -0.15) is 0 Å². The minimum Gasteiger partial charge on any atom is -0.446 e. The SMILES string of the molecule is CCC(C)OC(=O)N(c1c(C)n(C)n(-c2ccccc2)c1=O)C(C)C. The van der Waals surface area contributed by atoms with E-state index in [4.69, 9.17) is 4.74 Å². The Hall–Kier alpha value is -2.50. The van der Waals surface area contributed by atoms with Crippen molar-refractivity contribution in [2.75, 3.05) is 4.90 Å². The second-order valence-electron chi connectivity index (χ2n) is 6.48. The first-order valence-electron chi connectivity index (χ1n) is 8.63. The Balaban J connectivity index is 2.57. The summed E-state index contributed by atoms with van der Waals surface area (Å²) in [5.74, 6) is 0. The fraction of sp³-hybridized carbons (Fsp3) is 0.474. The van der Waals surface area contributed by atoms with Gasteiger partial charge in [-0.1, -0.05) is 25.1 Å². The molecular formula is C19H27N3O3. The van der Waals surface area contributed by atoms with Crippen LogP contribution in [0, 0.1) is 6.92 Å². The number of benzene rings is 1. The number of amides is 1. The van der Waals surface area contributed by atoms with E-state index in [1.54, 1.807) is 9.36 Å². The monoisotopic (exact) mass is 345 g/mol. The highest BCUT2D eigenvalue weighted by Gasteiger charge is 2.29. The Kier molecular flexibility index (Phi) is 5.72. The van der Waals surface area contributed by atoms with Crippen molar-refractivity contribution in [2.24, 2.45) is 7.05 Å². The van der Waals surface area contributed by atoms with Crippen LogP contribution in [0.3, 0.4) is 0 Å². The third kappa shape index (κ3) is 3.62. The highest BCUT2D eigenvalue weighted by atomic mass is 16.6. The number of carbonyl (C=O) groups is 1. The second-order valence-corrected chi connectivity index (χ2v) is 6.48. The average molecular weight is 345 g/mol. The zero-order chi connectivity index (χ0) is 18.7. The molecular weight excluding hydrogens is 318 g/mol. The summed E-state index contributed by atoms with van der Waals surface area (Å²) in [5, 5.41) is 0. The van der Waals surface area contributed by atoms with E-state index in [9.17, 15) is 9.59 Å². The van der Waals surface area contributed by atoms with Crippen molar-refractivity contribution in [1.29, 1.82) is 0 Å². The highest BCUT2D eigenvalue weighted by Crippen LogP contribution is 2.22. The lowest BCUT2D eigenvalue weighted by Gasteiger charge is -2.26. The topological polar surface area (TPSA) is 56.5 Å². The normalized spacial score (nSPS) is 12.3. The van der Waals surface area contributed by atoms with Crippen molar-refractivity contribution in [1.82, 2.24) is 9.36 Å². The highest BCUT2D eigenvalue weighted by molar-refractivity contribution is 5.89. The summed E-state index contributed by atoms with van der Waals surface area (Å²) in [6.45, 7) is 9.37. The number of para-hydroxylation sites is 1. The molecule has 0 saturated carbocycles. The van der Waals surface area contributed by atoms with Crippen LogP contribution < -0.4 is 10.5 Å². The van der Waals surface area contributed by atoms with Crippen LogP contribution in [0.5, 0.6) is 0 Å². The van der Waals surface area contributed by atoms with Gasteiger partial charge >= 0.3 is 6.09 Å². The van der Waals surface area contributed by atoms with E-state index >= 15 is 0 Å². The molecule has 6 nitrogen and oxygen atoms in total. The maximum absolute atomic E-state index is 13.1. The molecule has 0 spiro atoms. The number of rotatable bonds is 5. The minimum atomic E-state index is -0.490. The molecule has 1 heterocycles. The van der Waals surface area contributed by atoms with E-state index < -0.39 is 6.09 Å². The lowest BCUT2D eigenvalue weighted by atomic mass is 10.2. The summed E-state index contributed by atoms with van der Waals surface area (Å²) < 4.78 is 8.80. The van der Waals surface area contributed by atoms with E-state index in [2.05, 4.69) is 0 Å². The van der Waals surface area contributed by atoms with Crippen molar-refractivity contribution < 1.29 is 9.53 Å². The molecule has 1 unspecified atom stereocenters. The number of nitrogens with zero attached hydrogens (tertiary/aromatic N) is 3. The Morgan fingerprint density at radius 2 is 1.80 bits per heavy atom. The lowest BCUT2D eigenvalue weighted by molar-refractivity contribution is 0.110. The van der Waals surface area contributed by atoms with Gasteiger partial charge < -0.3 is 4.74 Å². The van der Waals surface area contributed by atoms with Gasteiger partial charge in [-0.25, -0.2) is 9.48 Å². The molecule has 0 bridgehead atoms. The summed E-state index contributed by atoms with van der Waals surface area (Å²) in [5.41, 5.74) is 1.59. The minimum absolute atomic E-state index is 0.199. The zero-order valence-corrected chi connectivity index (χ0v) is 15.8. The van der Waals surface area contributed by atoms with Crippen LogP contribution in [0.1, 0.15) is 39.8 Å². The van der Waals surface area contributed by atoms with Crippen LogP contribution in [0.4, 0.5) is 10.5 Å². The van der Waals surface area contributed by atoms with Crippen molar-refractivity contribution >= 4 is 11.8 Å². The molecule has 0 aliphatic carbocycles. The standard InChI is InChI=1S/C19H27N3O3/c1-7-14(4)25-19(24)21(13(2)3)17-15(5)20(6)22(18(17)23)16-11-9-8-10-12-16/h8-14H,7H2,1-6H3. The molecule has 0 saturated heterocycles. The van der Waals surface area contributed by atoms with E-state index in [0.29, 0.717) is 11.4 Å². The zero-order valence-electron chi connectivity index (χ0n) is 15.8. The van der Waals surface area contributed by atoms with Gasteiger partial charge in [0.25, 0.3) is 5.56 Å². The molecule has 0 aliphatic rings. The summed E-state index contributed by atoms with van der Waals surface area (Å²) in [4.78, 5) is 27.2. The largest absolute Gasteiger partial charge is 0.446 e. The molecule has 2 rings (SSSR count). The maximum Gasteiger partial charge on any atom is 0.415 e. The Labute approximate surface area is 148 Å². The summed E-state index contributed by atoms with van der Waals surface area (Å²) >= 11 is 0. The van der Waals surface area contributed by atoms with Gasteiger partial charge in [-0.05, 0) is 46.2 Å². The summed E-state index contributed by atoms with van der Waals surface area (Å²) in [6, 6.07) is 9.18. The fourth-order valence-electron chi connectivity index (χ4n) is 2.70. The van der Waals surface area contributed by atoms with Gasteiger partial charge in [0.05, 0.1) is 11.4 Å². The van der Waals surface area contributed by atoms with Crippen LogP contribution in [-0.4, -0.2) is 27.6 Å². The maximum atomic E-state index is 13.1. The quantitative estimate of drug-likeness (QED) is 0.831. The molecule has 0 fully saturated rings. The fourth-order valence-corrected chi connectivity index (χ4v) is 2.70. The van der Waals surface area contributed by atoms with Gasteiger partial charge in [0.1, 0.15) is 11.8 Å². The van der Waals surface area contributed by atoms with E-state index in [-0.39, 0.29) is 17.7 Å². The second kappa shape index (κ2) is 7.59. The van der Waals surface area contributed by atoms with E-state index in [1.165, 1.54) is 4.90 Å². The van der Waals surface area contributed by atoms with E-state index in [1.807, 2.05) is 72.0 Å². The van der Waals surface area contributed by atoms with Gasteiger partial charge in [0.15, 0.2) is 0 Å². The summed E-state index contributed by atoms with van der Waals surface area (Å²) in [7, 11) is 1.81. The average Bonchev–Trinajstić information content (AvgIpc) is 2.79. The third-order valence-corrected chi connectivity index (χ3v) is 4.35. The van der Waals surface area contributed by atoms with Crippen molar-refractivity contribution in [3.05, 3.63) is 46.4 Å².